The Hall–Kier alpha value is -2.36. The molecule has 1 fully saturated rings. The molecule has 5 rings (SSSR count). The van der Waals surface area contributed by atoms with Gasteiger partial charge >= 0.3 is 0 Å². The molecule has 3 aromatic rings. The second-order valence-corrected chi connectivity index (χ2v) is 9.55. The number of hydrogen-bond donors (Lipinski definition) is 1. The van der Waals surface area contributed by atoms with Gasteiger partial charge in [0, 0.05) is 28.7 Å². The number of aromatic amines is 1. The Balaban J connectivity index is 1.47. The summed E-state index contributed by atoms with van der Waals surface area (Å²) in [7, 11) is 4.46. The highest BCUT2D eigenvalue weighted by atomic mass is 15.1. The second-order valence-electron chi connectivity index (χ2n) is 9.55. The van der Waals surface area contributed by atoms with Gasteiger partial charge in [-0.3, -0.25) is 4.90 Å². The maximum Gasteiger partial charge on any atom is 0.0492 e. The van der Waals surface area contributed by atoms with Crippen LogP contribution in [-0.2, 0) is 12.0 Å². The molecule has 0 bridgehead atoms. The number of para-hydroxylation sites is 1. The average molecular weight is 414 g/mol. The van der Waals surface area contributed by atoms with Crippen LogP contribution in [0, 0.1) is 0 Å². The van der Waals surface area contributed by atoms with Gasteiger partial charge in [-0.1, -0.05) is 54.6 Å². The minimum atomic E-state index is 0.0898. The highest BCUT2D eigenvalue weighted by Gasteiger charge is 2.36. The summed E-state index contributed by atoms with van der Waals surface area (Å²) in [6.45, 7) is 3.71. The predicted molar refractivity (Wildman–Crippen MR) is 131 cm³/mol. The van der Waals surface area contributed by atoms with Gasteiger partial charge in [-0.05, 0) is 88.5 Å². The van der Waals surface area contributed by atoms with E-state index in [4.69, 9.17) is 0 Å². The molecule has 2 aromatic carbocycles. The molecule has 1 unspecified atom stereocenters. The maximum absolute atomic E-state index is 3.81. The Morgan fingerprint density at radius 3 is 2.42 bits per heavy atom. The number of nitrogens with zero attached hydrogens (tertiary/aromatic N) is 2. The fraction of sp³-hybridized carbons (Fsp3) is 0.429. The third-order valence-electron chi connectivity index (χ3n) is 7.67. The minimum absolute atomic E-state index is 0.0898. The zero-order chi connectivity index (χ0) is 21.3. The zero-order valence-corrected chi connectivity index (χ0v) is 19.0. The molecule has 31 heavy (non-hydrogen) atoms. The number of likely N-dealkylation sites (tertiary alicyclic amines) is 1. The lowest BCUT2D eigenvalue weighted by Crippen LogP contribution is -2.42. The van der Waals surface area contributed by atoms with Gasteiger partial charge < -0.3 is 9.88 Å². The largest absolute Gasteiger partial charge is 0.355 e. The quantitative estimate of drug-likeness (QED) is 0.549. The SMILES string of the molecule is CN(C)C1(c2ccccc2)CC=C(c2[nH]c3ccccc3c2CCN2CCCC2)CC1. The minimum Gasteiger partial charge on any atom is -0.355 e. The Kier molecular flexibility index (Phi) is 5.73. The van der Waals surface area contributed by atoms with Crippen LogP contribution in [0.2, 0.25) is 0 Å². The fourth-order valence-electron chi connectivity index (χ4n) is 5.75. The number of rotatable bonds is 6. The van der Waals surface area contributed by atoms with Crippen molar-refractivity contribution in [1.82, 2.24) is 14.8 Å². The Labute approximate surface area is 186 Å². The molecule has 0 radical (unpaired) electrons. The molecule has 1 atom stereocenters. The summed E-state index contributed by atoms with van der Waals surface area (Å²) in [5, 5.41) is 1.41. The van der Waals surface area contributed by atoms with Crippen LogP contribution >= 0.6 is 0 Å². The van der Waals surface area contributed by atoms with E-state index in [0.717, 1.165) is 25.7 Å². The van der Waals surface area contributed by atoms with E-state index in [9.17, 15) is 0 Å². The lowest BCUT2D eigenvalue weighted by Gasteiger charge is -2.43. The summed E-state index contributed by atoms with van der Waals surface area (Å²) in [5.74, 6) is 0. The number of hydrogen-bond acceptors (Lipinski definition) is 2. The van der Waals surface area contributed by atoms with Crippen LogP contribution < -0.4 is 0 Å². The first kappa shape index (κ1) is 20.5. The average Bonchev–Trinajstić information content (AvgIpc) is 3.46. The number of benzene rings is 2. The van der Waals surface area contributed by atoms with Crippen molar-refractivity contribution < 1.29 is 0 Å². The van der Waals surface area contributed by atoms with E-state index >= 15 is 0 Å². The first-order valence-electron chi connectivity index (χ1n) is 11.9. The zero-order valence-electron chi connectivity index (χ0n) is 19.0. The molecule has 0 spiro atoms. The Morgan fingerprint density at radius 1 is 0.968 bits per heavy atom. The summed E-state index contributed by atoms with van der Waals surface area (Å²) in [6.07, 6.45) is 9.68. The van der Waals surface area contributed by atoms with E-state index < -0.39 is 0 Å². The van der Waals surface area contributed by atoms with Crippen molar-refractivity contribution in [2.75, 3.05) is 33.7 Å². The number of nitrogens with one attached hydrogen (secondary N) is 1. The van der Waals surface area contributed by atoms with E-state index in [-0.39, 0.29) is 5.54 Å². The highest BCUT2D eigenvalue weighted by molar-refractivity contribution is 5.89. The summed E-state index contributed by atoms with van der Waals surface area (Å²) < 4.78 is 0. The van der Waals surface area contributed by atoms with E-state index in [0.29, 0.717) is 0 Å². The van der Waals surface area contributed by atoms with Gasteiger partial charge in [0.2, 0.25) is 0 Å². The monoisotopic (exact) mass is 413 g/mol. The third kappa shape index (κ3) is 3.86. The van der Waals surface area contributed by atoms with Gasteiger partial charge in [-0.25, -0.2) is 0 Å². The van der Waals surface area contributed by atoms with Gasteiger partial charge in [0.05, 0.1) is 0 Å². The van der Waals surface area contributed by atoms with Crippen molar-refractivity contribution in [1.29, 1.82) is 0 Å². The van der Waals surface area contributed by atoms with Gasteiger partial charge in [-0.2, -0.15) is 0 Å². The highest BCUT2D eigenvalue weighted by Crippen LogP contribution is 2.43. The van der Waals surface area contributed by atoms with Crippen LogP contribution in [0.5, 0.6) is 0 Å². The van der Waals surface area contributed by atoms with Crippen molar-refractivity contribution in [3.8, 4) is 0 Å². The van der Waals surface area contributed by atoms with Crippen LogP contribution in [0.25, 0.3) is 16.5 Å². The molecular formula is C28H35N3. The van der Waals surface area contributed by atoms with E-state index in [1.165, 1.54) is 65.8 Å². The molecule has 3 nitrogen and oxygen atoms in total. The summed E-state index contributed by atoms with van der Waals surface area (Å²) >= 11 is 0. The van der Waals surface area contributed by atoms with Crippen molar-refractivity contribution in [2.24, 2.45) is 0 Å². The molecular weight excluding hydrogens is 378 g/mol. The van der Waals surface area contributed by atoms with Gasteiger partial charge in [-0.15, -0.1) is 0 Å². The second kappa shape index (κ2) is 8.64. The molecule has 1 aliphatic heterocycles. The molecule has 1 aromatic heterocycles. The lowest BCUT2D eigenvalue weighted by molar-refractivity contribution is 0.138. The first-order chi connectivity index (χ1) is 15.2. The van der Waals surface area contributed by atoms with Crippen molar-refractivity contribution >= 4 is 16.5 Å². The number of allylic oxidation sites excluding steroid dienone is 1. The van der Waals surface area contributed by atoms with Crippen molar-refractivity contribution in [3.05, 3.63) is 77.5 Å². The summed E-state index contributed by atoms with van der Waals surface area (Å²) in [6, 6.07) is 19.9. The van der Waals surface area contributed by atoms with Crippen molar-refractivity contribution in [2.45, 2.75) is 44.1 Å². The fourth-order valence-corrected chi connectivity index (χ4v) is 5.75. The van der Waals surface area contributed by atoms with Gasteiger partial charge in [0.15, 0.2) is 0 Å². The third-order valence-corrected chi connectivity index (χ3v) is 7.67. The maximum atomic E-state index is 3.81. The molecule has 0 saturated carbocycles. The van der Waals surface area contributed by atoms with E-state index in [1.54, 1.807) is 0 Å². The first-order valence-corrected chi connectivity index (χ1v) is 11.9. The molecule has 1 N–H and O–H groups in total. The lowest BCUT2D eigenvalue weighted by atomic mass is 9.75. The van der Waals surface area contributed by atoms with Crippen LogP contribution in [0.3, 0.4) is 0 Å². The molecule has 1 aliphatic carbocycles. The Bertz CT molecular complexity index is 1060. The molecule has 2 aliphatic rings. The molecule has 0 amide bonds. The smallest absolute Gasteiger partial charge is 0.0492 e. The molecule has 1 saturated heterocycles. The molecule has 162 valence electrons. The van der Waals surface area contributed by atoms with Crippen molar-refractivity contribution in [3.63, 3.8) is 0 Å². The number of H-pyrrole nitrogens is 1. The van der Waals surface area contributed by atoms with Crippen LogP contribution in [0.15, 0.2) is 60.7 Å². The molecule has 3 heteroatoms. The summed E-state index contributed by atoms with van der Waals surface area (Å²) in [5.41, 5.74) is 7.21. The Morgan fingerprint density at radius 2 is 1.71 bits per heavy atom. The normalized spacial score (nSPS) is 22.4. The standard InChI is InChI=1S/C28H35N3/c1-30(2)28(23-10-4-3-5-11-23)17-14-22(15-18-28)27-25(16-21-31-19-8-9-20-31)24-12-6-7-13-26(24)29-27/h3-7,10-14,29H,8-9,15-21H2,1-2H3. The van der Waals surface area contributed by atoms with E-state index in [2.05, 4.69) is 89.6 Å². The summed E-state index contributed by atoms with van der Waals surface area (Å²) in [4.78, 5) is 8.86. The topological polar surface area (TPSA) is 22.3 Å². The van der Waals surface area contributed by atoms with Crippen LogP contribution in [0.4, 0.5) is 0 Å². The van der Waals surface area contributed by atoms with Gasteiger partial charge in [0.25, 0.3) is 0 Å². The molecule has 2 heterocycles. The van der Waals surface area contributed by atoms with Crippen LogP contribution in [0.1, 0.15) is 48.9 Å². The van der Waals surface area contributed by atoms with Gasteiger partial charge in [0.1, 0.15) is 0 Å². The predicted octanol–water partition coefficient (Wildman–Crippen LogP) is 5.83. The van der Waals surface area contributed by atoms with Crippen LogP contribution in [-0.4, -0.2) is 48.5 Å². The number of fused-ring (bicyclic) bond motifs is 1. The number of aromatic nitrogens is 1. The van der Waals surface area contributed by atoms with E-state index in [1.807, 2.05) is 0 Å².